The third kappa shape index (κ3) is 3.62. The number of esters is 1. The van der Waals surface area contributed by atoms with Gasteiger partial charge >= 0.3 is 5.97 Å². The molecule has 2 rings (SSSR count). The van der Waals surface area contributed by atoms with E-state index in [1.165, 1.54) is 7.11 Å². The van der Waals surface area contributed by atoms with Crippen molar-refractivity contribution in [3.63, 3.8) is 0 Å². The first-order valence-corrected chi connectivity index (χ1v) is 9.02. The molecule has 0 amide bonds. The first kappa shape index (κ1) is 19.4. The summed E-state index contributed by atoms with van der Waals surface area (Å²) >= 11 is 1.07. The van der Waals surface area contributed by atoms with Gasteiger partial charge in [-0.25, -0.2) is 17.9 Å². The number of nitrogens with two attached hydrogens (primary N) is 1. The molecule has 1 heterocycles. The van der Waals surface area contributed by atoms with Crippen molar-refractivity contribution in [1.29, 1.82) is 0 Å². The Morgan fingerprint density at radius 1 is 1.55 bits per heavy atom. The van der Waals surface area contributed by atoms with Gasteiger partial charge in [0.05, 0.1) is 7.11 Å². The van der Waals surface area contributed by atoms with Gasteiger partial charge in [-0.3, -0.25) is 0 Å². The molecule has 1 unspecified atom stereocenters. The molecule has 1 aromatic heterocycles. The van der Waals surface area contributed by atoms with Gasteiger partial charge in [-0.1, -0.05) is 0 Å². The van der Waals surface area contributed by atoms with E-state index in [1.807, 2.05) is 6.92 Å². The minimum absolute atomic E-state index is 0. The third-order valence-corrected chi connectivity index (χ3v) is 6.83. The van der Waals surface area contributed by atoms with E-state index in [0.29, 0.717) is 5.56 Å². The maximum absolute atomic E-state index is 12.7. The number of carbonyl (C=O) groups is 1. The Balaban J connectivity index is 0.00000242. The summed E-state index contributed by atoms with van der Waals surface area (Å²) in [6.07, 6.45) is 1.92. The van der Waals surface area contributed by atoms with Crippen molar-refractivity contribution in [2.75, 3.05) is 13.7 Å². The van der Waals surface area contributed by atoms with Gasteiger partial charge in [0.15, 0.2) is 0 Å². The first-order chi connectivity index (χ1) is 9.75. The van der Waals surface area contributed by atoms with E-state index >= 15 is 0 Å². The van der Waals surface area contributed by atoms with E-state index in [-0.39, 0.29) is 34.6 Å². The third-order valence-electron chi connectivity index (χ3n) is 3.83. The Kier molecular flexibility index (Phi) is 6.02. The van der Waals surface area contributed by atoms with E-state index in [4.69, 9.17) is 5.73 Å². The molecule has 3 N–H and O–H groups in total. The molecule has 6 nitrogen and oxygen atoms in total. The predicted molar refractivity (Wildman–Crippen MR) is 88.1 cm³/mol. The Morgan fingerprint density at radius 2 is 2.14 bits per heavy atom. The van der Waals surface area contributed by atoms with Gasteiger partial charge in [-0.2, -0.15) is 0 Å². The second-order valence-electron chi connectivity index (χ2n) is 5.57. The number of thiophene rings is 1. The zero-order valence-corrected chi connectivity index (χ0v) is 15.2. The highest BCUT2D eigenvalue weighted by atomic mass is 35.5. The highest BCUT2D eigenvalue weighted by molar-refractivity contribution is 7.89. The van der Waals surface area contributed by atoms with E-state index in [2.05, 4.69) is 9.46 Å². The molecule has 126 valence electrons. The monoisotopic (exact) mass is 368 g/mol. The molecule has 0 saturated heterocycles. The van der Waals surface area contributed by atoms with Crippen molar-refractivity contribution in [1.82, 2.24) is 4.72 Å². The van der Waals surface area contributed by atoms with Crippen molar-refractivity contribution in [3.8, 4) is 0 Å². The number of carbonyl (C=O) groups excluding carboxylic acids is 1. The van der Waals surface area contributed by atoms with Gasteiger partial charge in [0, 0.05) is 12.1 Å². The van der Waals surface area contributed by atoms with Crippen LogP contribution in [0.1, 0.15) is 35.0 Å². The zero-order valence-electron chi connectivity index (χ0n) is 12.7. The lowest BCUT2D eigenvalue weighted by atomic mass is 9.98. The summed E-state index contributed by atoms with van der Waals surface area (Å²) in [4.78, 5) is 11.8. The van der Waals surface area contributed by atoms with Crippen molar-refractivity contribution in [3.05, 3.63) is 15.8 Å². The van der Waals surface area contributed by atoms with Crippen LogP contribution in [0.4, 0.5) is 0 Å². The topological polar surface area (TPSA) is 98.5 Å². The maximum Gasteiger partial charge on any atom is 0.349 e. The van der Waals surface area contributed by atoms with E-state index in [9.17, 15) is 13.2 Å². The number of hydrogen-bond acceptors (Lipinski definition) is 6. The zero-order chi connectivity index (χ0) is 15.8. The average Bonchev–Trinajstić information content (AvgIpc) is 3.20. The quantitative estimate of drug-likeness (QED) is 0.744. The molecule has 1 aliphatic carbocycles. The van der Waals surface area contributed by atoms with Crippen LogP contribution in [0.3, 0.4) is 0 Å². The summed E-state index contributed by atoms with van der Waals surface area (Å²) in [5.41, 5.74) is 5.61. The standard InChI is InChI=1S/C13H20N2O4S2.ClH/c1-8-6-20-10(12(16)19-3)11(8)21(17,18)15-13(2,7-14)9-4-5-9;/h6,9,15H,4-5,7,14H2,1-3H3;1H. The number of hydrogen-bond donors (Lipinski definition) is 2. The van der Waals surface area contributed by atoms with Crippen LogP contribution in [0.25, 0.3) is 0 Å². The normalized spacial score (nSPS) is 17.5. The molecule has 1 aliphatic rings. The molecule has 9 heteroatoms. The lowest BCUT2D eigenvalue weighted by Crippen LogP contribution is -2.53. The van der Waals surface area contributed by atoms with Crippen molar-refractivity contribution < 1.29 is 17.9 Å². The molecule has 1 aromatic rings. The number of aryl methyl sites for hydroxylation is 1. The molecular formula is C13H21ClN2O4S2. The van der Waals surface area contributed by atoms with Crippen molar-refractivity contribution in [2.45, 2.75) is 37.1 Å². The van der Waals surface area contributed by atoms with E-state index < -0.39 is 21.5 Å². The van der Waals surface area contributed by atoms with Crippen LogP contribution in [0, 0.1) is 12.8 Å². The van der Waals surface area contributed by atoms with Gasteiger partial charge in [0.25, 0.3) is 0 Å². The van der Waals surface area contributed by atoms with Gasteiger partial charge in [-0.05, 0) is 43.6 Å². The largest absolute Gasteiger partial charge is 0.465 e. The fraction of sp³-hybridized carbons (Fsp3) is 0.615. The predicted octanol–water partition coefficient (Wildman–Crippen LogP) is 1.67. The van der Waals surface area contributed by atoms with Crippen LogP contribution in [0.5, 0.6) is 0 Å². The molecular weight excluding hydrogens is 348 g/mol. The first-order valence-electron chi connectivity index (χ1n) is 6.65. The summed E-state index contributed by atoms with van der Waals surface area (Å²) < 4.78 is 32.7. The van der Waals surface area contributed by atoms with Gasteiger partial charge in [-0.15, -0.1) is 23.7 Å². The Bertz CT molecular complexity index is 655. The Labute approximate surface area is 140 Å². The fourth-order valence-electron chi connectivity index (χ4n) is 2.37. The van der Waals surface area contributed by atoms with Crippen LogP contribution in [0.2, 0.25) is 0 Å². The molecule has 1 fully saturated rings. The van der Waals surface area contributed by atoms with Gasteiger partial charge in [0.2, 0.25) is 10.0 Å². The maximum atomic E-state index is 12.7. The molecule has 22 heavy (non-hydrogen) atoms. The molecule has 0 radical (unpaired) electrons. The van der Waals surface area contributed by atoms with Crippen LogP contribution in [-0.4, -0.2) is 33.6 Å². The minimum atomic E-state index is -3.83. The second-order valence-corrected chi connectivity index (χ2v) is 8.07. The molecule has 0 bridgehead atoms. The lowest BCUT2D eigenvalue weighted by molar-refractivity contribution is 0.0602. The van der Waals surface area contributed by atoms with Crippen LogP contribution < -0.4 is 10.5 Å². The summed E-state index contributed by atoms with van der Waals surface area (Å²) in [6.45, 7) is 3.68. The van der Waals surface area contributed by atoms with Crippen molar-refractivity contribution in [2.24, 2.45) is 11.7 Å². The van der Waals surface area contributed by atoms with Crippen LogP contribution in [-0.2, 0) is 14.8 Å². The Hall–Kier alpha value is -0.670. The lowest BCUT2D eigenvalue weighted by Gasteiger charge is -2.29. The summed E-state index contributed by atoms with van der Waals surface area (Å²) in [5, 5.41) is 1.64. The molecule has 0 aliphatic heterocycles. The number of sulfonamides is 1. The smallest absolute Gasteiger partial charge is 0.349 e. The molecule has 1 atom stereocenters. The highest BCUT2D eigenvalue weighted by Crippen LogP contribution is 2.40. The summed E-state index contributed by atoms with van der Waals surface area (Å²) in [6, 6.07) is 0. The summed E-state index contributed by atoms with van der Waals surface area (Å²) in [7, 11) is -2.60. The highest BCUT2D eigenvalue weighted by Gasteiger charge is 2.44. The number of nitrogens with one attached hydrogen (secondary N) is 1. The van der Waals surface area contributed by atoms with Crippen LogP contribution in [0.15, 0.2) is 10.3 Å². The van der Waals surface area contributed by atoms with E-state index in [1.54, 1.807) is 12.3 Å². The fourth-order valence-corrected chi connectivity index (χ4v) is 5.56. The Morgan fingerprint density at radius 3 is 2.59 bits per heavy atom. The number of rotatable bonds is 6. The molecule has 1 saturated carbocycles. The van der Waals surface area contributed by atoms with Gasteiger partial charge < -0.3 is 10.5 Å². The van der Waals surface area contributed by atoms with Crippen LogP contribution >= 0.6 is 23.7 Å². The van der Waals surface area contributed by atoms with E-state index in [0.717, 1.165) is 24.2 Å². The SMILES string of the molecule is COC(=O)c1scc(C)c1S(=O)(=O)NC(C)(CN)C1CC1.Cl. The number of ether oxygens (including phenoxy) is 1. The number of halogens is 1. The molecule has 0 spiro atoms. The van der Waals surface area contributed by atoms with Gasteiger partial charge in [0.1, 0.15) is 9.77 Å². The van der Waals surface area contributed by atoms with Crippen molar-refractivity contribution >= 4 is 39.7 Å². The summed E-state index contributed by atoms with van der Waals surface area (Å²) in [5.74, 6) is -0.396. The number of methoxy groups -OCH3 is 1. The average molecular weight is 369 g/mol. The second kappa shape index (κ2) is 6.84. The minimum Gasteiger partial charge on any atom is -0.465 e. The molecule has 0 aromatic carbocycles.